The molecule has 0 radical (unpaired) electrons. The van der Waals surface area contributed by atoms with Crippen LogP contribution in [0.25, 0.3) is 0 Å². The van der Waals surface area contributed by atoms with Crippen LogP contribution in [0.2, 0.25) is 0 Å². The molecule has 1 rings (SSSR count). The number of unbranched alkanes of at least 4 members (excludes halogenated alkanes) is 3. The number of hydrogen-bond acceptors (Lipinski definition) is 1. The molecular formula is C12H17ClS. The maximum Gasteiger partial charge on any atom is 0.0223 e. The third kappa shape index (κ3) is 5.56. The van der Waals surface area contributed by atoms with E-state index in [1.165, 1.54) is 29.9 Å². The second-order valence-electron chi connectivity index (χ2n) is 3.26. The highest BCUT2D eigenvalue weighted by molar-refractivity contribution is 7.99. The zero-order valence-corrected chi connectivity index (χ0v) is 9.99. The highest BCUT2D eigenvalue weighted by Crippen LogP contribution is 2.18. The summed E-state index contributed by atoms with van der Waals surface area (Å²) in [5, 5.41) is 0. The largest absolute Gasteiger partial charge is 0.127 e. The van der Waals surface area contributed by atoms with E-state index in [4.69, 9.17) is 11.6 Å². The molecule has 14 heavy (non-hydrogen) atoms. The second-order valence-corrected chi connectivity index (χ2v) is 4.81. The fourth-order valence-electron chi connectivity index (χ4n) is 1.26. The molecule has 0 saturated carbocycles. The summed E-state index contributed by atoms with van der Waals surface area (Å²) in [6.07, 6.45) is 5.05. The highest BCUT2D eigenvalue weighted by atomic mass is 35.5. The minimum atomic E-state index is 0.811. The van der Waals surface area contributed by atoms with Gasteiger partial charge in [-0.3, -0.25) is 0 Å². The molecule has 78 valence electrons. The molecule has 1 aromatic carbocycles. The van der Waals surface area contributed by atoms with Crippen LogP contribution in [0, 0.1) is 0 Å². The Hall–Kier alpha value is -0.140. The van der Waals surface area contributed by atoms with Gasteiger partial charge in [0.1, 0.15) is 0 Å². The molecule has 0 aromatic heterocycles. The Labute approximate surface area is 96.0 Å². The minimum Gasteiger partial charge on any atom is -0.127 e. The SMILES string of the molecule is ClCCCCCCSc1ccccc1. The van der Waals surface area contributed by atoms with Gasteiger partial charge in [-0.2, -0.15) is 0 Å². The molecule has 0 nitrogen and oxygen atoms in total. The first kappa shape index (κ1) is 11.9. The maximum atomic E-state index is 5.61. The van der Waals surface area contributed by atoms with Crippen molar-refractivity contribution in [2.45, 2.75) is 30.6 Å². The molecule has 0 amide bonds. The number of alkyl halides is 1. The van der Waals surface area contributed by atoms with Crippen LogP contribution in [0.3, 0.4) is 0 Å². The van der Waals surface area contributed by atoms with Crippen LogP contribution in [0.5, 0.6) is 0 Å². The van der Waals surface area contributed by atoms with Gasteiger partial charge in [-0.15, -0.1) is 23.4 Å². The van der Waals surface area contributed by atoms with Crippen molar-refractivity contribution in [3.8, 4) is 0 Å². The third-order valence-corrected chi connectivity index (χ3v) is 3.41. The highest BCUT2D eigenvalue weighted by Gasteiger charge is 1.92. The standard InChI is InChI=1S/C12H17ClS/c13-10-6-1-2-7-11-14-12-8-4-3-5-9-12/h3-5,8-9H,1-2,6-7,10-11H2. The lowest BCUT2D eigenvalue weighted by Gasteiger charge is -2.00. The quantitative estimate of drug-likeness (QED) is 0.374. The van der Waals surface area contributed by atoms with Gasteiger partial charge in [-0.1, -0.05) is 31.0 Å². The predicted molar refractivity (Wildman–Crippen MR) is 66.4 cm³/mol. The molecule has 0 aliphatic carbocycles. The summed E-state index contributed by atoms with van der Waals surface area (Å²) in [5.74, 6) is 2.04. The monoisotopic (exact) mass is 228 g/mol. The van der Waals surface area contributed by atoms with E-state index in [0.717, 1.165) is 12.3 Å². The molecule has 0 bridgehead atoms. The zero-order chi connectivity index (χ0) is 10.1. The van der Waals surface area contributed by atoms with Gasteiger partial charge in [0, 0.05) is 10.8 Å². The van der Waals surface area contributed by atoms with Gasteiger partial charge in [-0.25, -0.2) is 0 Å². The van der Waals surface area contributed by atoms with Crippen molar-refractivity contribution < 1.29 is 0 Å². The molecular weight excluding hydrogens is 212 g/mol. The molecule has 0 aliphatic rings. The zero-order valence-electron chi connectivity index (χ0n) is 8.42. The predicted octanol–water partition coefficient (Wildman–Crippen LogP) is 4.58. The second kappa shape index (κ2) is 8.19. The van der Waals surface area contributed by atoms with E-state index in [0.29, 0.717) is 0 Å². The van der Waals surface area contributed by atoms with Crippen molar-refractivity contribution in [2.24, 2.45) is 0 Å². The number of thioether (sulfide) groups is 1. The van der Waals surface area contributed by atoms with Crippen LogP contribution < -0.4 is 0 Å². The average Bonchev–Trinajstić information content (AvgIpc) is 2.25. The van der Waals surface area contributed by atoms with Crippen molar-refractivity contribution in [3.05, 3.63) is 30.3 Å². The van der Waals surface area contributed by atoms with E-state index in [9.17, 15) is 0 Å². The first-order valence-electron chi connectivity index (χ1n) is 5.17. The van der Waals surface area contributed by atoms with Gasteiger partial charge in [0.2, 0.25) is 0 Å². The van der Waals surface area contributed by atoms with Crippen molar-refractivity contribution in [2.75, 3.05) is 11.6 Å². The van der Waals surface area contributed by atoms with Crippen LogP contribution in [-0.2, 0) is 0 Å². The van der Waals surface area contributed by atoms with Crippen LogP contribution >= 0.6 is 23.4 Å². The number of halogens is 1. The molecule has 0 heterocycles. The number of hydrogen-bond donors (Lipinski definition) is 0. The van der Waals surface area contributed by atoms with E-state index in [-0.39, 0.29) is 0 Å². The summed E-state index contributed by atoms with van der Waals surface area (Å²) in [7, 11) is 0. The Kier molecular flexibility index (Phi) is 6.98. The summed E-state index contributed by atoms with van der Waals surface area (Å²) < 4.78 is 0. The van der Waals surface area contributed by atoms with Gasteiger partial charge in [0.15, 0.2) is 0 Å². The van der Waals surface area contributed by atoms with Crippen molar-refractivity contribution in [1.82, 2.24) is 0 Å². The van der Waals surface area contributed by atoms with Gasteiger partial charge in [-0.05, 0) is 30.7 Å². The Morgan fingerprint density at radius 3 is 2.36 bits per heavy atom. The Bertz CT molecular complexity index is 223. The summed E-state index contributed by atoms with van der Waals surface area (Å²) in [6.45, 7) is 0. The fraction of sp³-hybridized carbons (Fsp3) is 0.500. The Balaban J connectivity index is 1.99. The van der Waals surface area contributed by atoms with Gasteiger partial charge in [0.05, 0.1) is 0 Å². The summed E-state index contributed by atoms with van der Waals surface area (Å²) in [4.78, 5) is 1.38. The van der Waals surface area contributed by atoms with Gasteiger partial charge < -0.3 is 0 Å². The topological polar surface area (TPSA) is 0 Å². The van der Waals surface area contributed by atoms with Crippen LogP contribution in [-0.4, -0.2) is 11.6 Å². The molecule has 0 saturated heterocycles. The number of rotatable bonds is 7. The molecule has 0 atom stereocenters. The Morgan fingerprint density at radius 1 is 0.929 bits per heavy atom. The van der Waals surface area contributed by atoms with Crippen LogP contribution in [0.1, 0.15) is 25.7 Å². The summed E-state index contributed by atoms with van der Waals surface area (Å²) in [6, 6.07) is 10.6. The number of benzene rings is 1. The molecule has 0 aliphatic heterocycles. The fourth-order valence-corrected chi connectivity index (χ4v) is 2.38. The van der Waals surface area contributed by atoms with Crippen molar-refractivity contribution >= 4 is 23.4 Å². The van der Waals surface area contributed by atoms with E-state index >= 15 is 0 Å². The van der Waals surface area contributed by atoms with Crippen molar-refractivity contribution in [3.63, 3.8) is 0 Å². The average molecular weight is 229 g/mol. The van der Waals surface area contributed by atoms with Crippen molar-refractivity contribution in [1.29, 1.82) is 0 Å². The van der Waals surface area contributed by atoms with Gasteiger partial charge in [0.25, 0.3) is 0 Å². The minimum absolute atomic E-state index is 0.811. The molecule has 0 unspecified atom stereocenters. The maximum absolute atomic E-state index is 5.61. The molecule has 0 N–H and O–H groups in total. The molecule has 1 aromatic rings. The third-order valence-electron chi connectivity index (χ3n) is 2.04. The van der Waals surface area contributed by atoms with Crippen LogP contribution in [0.4, 0.5) is 0 Å². The summed E-state index contributed by atoms with van der Waals surface area (Å²) in [5.41, 5.74) is 0. The molecule has 0 fully saturated rings. The Morgan fingerprint density at radius 2 is 1.64 bits per heavy atom. The first-order chi connectivity index (χ1) is 6.93. The smallest absolute Gasteiger partial charge is 0.0223 e. The molecule has 0 spiro atoms. The van der Waals surface area contributed by atoms with E-state index < -0.39 is 0 Å². The van der Waals surface area contributed by atoms with Gasteiger partial charge >= 0.3 is 0 Å². The lowest BCUT2D eigenvalue weighted by molar-refractivity contribution is 0.709. The summed E-state index contributed by atoms with van der Waals surface area (Å²) >= 11 is 7.55. The normalized spacial score (nSPS) is 10.4. The lowest BCUT2D eigenvalue weighted by atomic mass is 10.2. The van der Waals surface area contributed by atoms with Crippen LogP contribution in [0.15, 0.2) is 35.2 Å². The molecule has 2 heteroatoms. The first-order valence-corrected chi connectivity index (χ1v) is 6.69. The van der Waals surface area contributed by atoms with E-state index in [1.807, 2.05) is 11.8 Å². The van der Waals surface area contributed by atoms with E-state index in [1.54, 1.807) is 0 Å². The van der Waals surface area contributed by atoms with E-state index in [2.05, 4.69) is 30.3 Å². The lowest BCUT2D eigenvalue weighted by Crippen LogP contribution is -1.82.